The van der Waals surface area contributed by atoms with E-state index in [-0.39, 0.29) is 37.9 Å². The molecule has 0 radical (unpaired) electrons. The fraction of sp³-hybridized carbons (Fsp3) is 0.864. The van der Waals surface area contributed by atoms with Gasteiger partial charge in [-0.25, -0.2) is 37.0 Å². The molecule has 0 spiro atoms. The van der Waals surface area contributed by atoms with Crippen molar-refractivity contribution >= 4 is 35.9 Å². The van der Waals surface area contributed by atoms with Crippen LogP contribution in [0.5, 0.6) is 0 Å². The summed E-state index contributed by atoms with van der Waals surface area (Å²) in [5.74, 6) is -17.3. The maximum absolute atomic E-state index is 13.4. The zero-order valence-corrected chi connectivity index (χ0v) is 39.0. The molecule has 4 amide bonds. The molecule has 22 heteroatoms. The Kier molecular flexibility index (Phi) is 18.1. The number of ether oxygens (including phenoxy) is 4. The Labute approximate surface area is 378 Å². The van der Waals surface area contributed by atoms with E-state index < -0.39 is 170 Å². The van der Waals surface area contributed by atoms with Gasteiger partial charge in [0.2, 0.25) is 23.7 Å². The van der Waals surface area contributed by atoms with Crippen molar-refractivity contribution in [2.24, 2.45) is 47.3 Å². The predicted octanol–water partition coefficient (Wildman–Crippen LogP) is 10.7. The van der Waals surface area contributed by atoms with Crippen molar-refractivity contribution in [2.75, 3.05) is 13.2 Å². The molecule has 2 saturated heterocycles. The van der Waals surface area contributed by atoms with E-state index in [0.717, 1.165) is 9.80 Å². The molecule has 4 aliphatic rings. The molecule has 12 nitrogen and oxygen atoms in total. The van der Waals surface area contributed by atoms with Gasteiger partial charge in [-0.1, -0.05) is 27.7 Å². The summed E-state index contributed by atoms with van der Waals surface area (Å²) >= 11 is 0. The summed E-state index contributed by atoms with van der Waals surface area (Å²) in [4.78, 5) is 78.9. The number of nitrogens with zero attached hydrogens (tertiary/aromatic N) is 2. The number of imide groups is 2. The van der Waals surface area contributed by atoms with E-state index >= 15 is 0 Å². The largest absolute Gasteiger partial charge is 0.460 e. The molecule has 2 aliphatic heterocycles. The van der Waals surface area contributed by atoms with Crippen molar-refractivity contribution in [1.82, 2.24) is 9.80 Å². The zero-order valence-electron chi connectivity index (χ0n) is 39.0. The lowest BCUT2D eigenvalue weighted by molar-refractivity contribution is -0.172. The molecule has 4 fully saturated rings. The van der Waals surface area contributed by atoms with Crippen LogP contribution >= 0.6 is 0 Å². The third-order valence-electron chi connectivity index (χ3n) is 11.9. The molecule has 0 unspecified atom stereocenters. The first-order valence-electron chi connectivity index (χ1n) is 22.1. The number of cyclic esters (lactones) is 2. The summed E-state index contributed by atoms with van der Waals surface area (Å²) in [6, 6.07) is -1.41. The van der Waals surface area contributed by atoms with Crippen molar-refractivity contribution in [3.63, 3.8) is 0 Å². The van der Waals surface area contributed by atoms with Crippen molar-refractivity contribution in [3.8, 4) is 0 Å². The van der Waals surface area contributed by atoms with Crippen LogP contribution in [0.2, 0.25) is 0 Å². The highest BCUT2D eigenvalue weighted by molar-refractivity contribution is 5.97. The van der Waals surface area contributed by atoms with Crippen LogP contribution < -0.4 is 0 Å². The highest BCUT2D eigenvalue weighted by atomic mass is 19.4. The molecule has 0 bridgehead atoms. The summed E-state index contributed by atoms with van der Waals surface area (Å²) in [6.45, 7) is 16.0. The number of halogens is 10. The van der Waals surface area contributed by atoms with Gasteiger partial charge in [-0.05, 0) is 90.9 Å². The maximum Gasteiger partial charge on any atom is 0.416 e. The number of hydrogen-bond acceptors (Lipinski definition) is 10. The Morgan fingerprint density at radius 3 is 1.09 bits per heavy atom. The Bertz CT molecular complexity index is 1600. The van der Waals surface area contributed by atoms with E-state index in [0.29, 0.717) is 0 Å². The first kappa shape index (κ1) is 56.4. The molecule has 0 aromatic rings. The minimum atomic E-state index is -4.62. The van der Waals surface area contributed by atoms with Crippen LogP contribution in [0, 0.1) is 47.3 Å². The summed E-state index contributed by atoms with van der Waals surface area (Å²) in [5.41, 5.74) is -2.02. The van der Waals surface area contributed by atoms with Crippen LogP contribution in [-0.4, -0.2) is 106 Å². The van der Waals surface area contributed by atoms with Crippen LogP contribution in [-0.2, 0) is 38.1 Å². The topological polar surface area (TPSA) is 146 Å². The number of hydrogen-bond donors (Lipinski definition) is 0. The third-order valence-corrected chi connectivity index (χ3v) is 11.9. The van der Waals surface area contributed by atoms with E-state index in [1.54, 1.807) is 69.2 Å². The van der Waals surface area contributed by atoms with Crippen LogP contribution in [0.1, 0.15) is 133 Å². The molecule has 380 valence electrons. The molecule has 0 aromatic carbocycles. The fourth-order valence-corrected chi connectivity index (χ4v) is 8.58. The van der Waals surface area contributed by atoms with E-state index in [2.05, 4.69) is 0 Å². The second kappa shape index (κ2) is 21.2. The Hall–Kier alpha value is -3.88. The summed E-state index contributed by atoms with van der Waals surface area (Å²) in [5, 5.41) is 0. The van der Waals surface area contributed by atoms with E-state index in [9.17, 15) is 72.7 Å². The minimum absolute atomic E-state index is 0.111. The molecule has 66 heavy (non-hydrogen) atoms. The zero-order chi connectivity index (χ0) is 50.7. The van der Waals surface area contributed by atoms with Crippen LogP contribution in [0.25, 0.3) is 0 Å². The lowest BCUT2D eigenvalue weighted by atomic mass is 9.72. The molecule has 4 rings (SSSR count). The van der Waals surface area contributed by atoms with Gasteiger partial charge in [0.1, 0.15) is 24.4 Å². The van der Waals surface area contributed by atoms with Gasteiger partial charge >= 0.3 is 36.5 Å². The van der Waals surface area contributed by atoms with E-state index in [1.165, 1.54) is 0 Å². The first-order valence-corrected chi connectivity index (χ1v) is 22.1. The summed E-state index contributed by atoms with van der Waals surface area (Å²) in [7, 11) is 0. The highest BCUT2D eigenvalue weighted by Gasteiger charge is 2.53. The second-order valence-corrected chi connectivity index (χ2v) is 20.7. The molecule has 2 aliphatic carbocycles. The van der Waals surface area contributed by atoms with Gasteiger partial charge < -0.3 is 18.9 Å². The van der Waals surface area contributed by atoms with Crippen molar-refractivity contribution < 1.29 is 91.6 Å². The lowest BCUT2D eigenvalue weighted by Gasteiger charge is -2.39. The summed E-state index contributed by atoms with van der Waals surface area (Å²) < 4.78 is 153. The van der Waals surface area contributed by atoms with Crippen LogP contribution in [0.4, 0.5) is 53.5 Å². The maximum atomic E-state index is 13.4. The minimum Gasteiger partial charge on any atom is -0.460 e. The van der Waals surface area contributed by atoms with Crippen LogP contribution in [0.15, 0.2) is 0 Å². The van der Waals surface area contributed by atoms with Gasteiger partial charge in [0.25, 0.3) is 0 Å². The number of amides is 4. The van der Waals surface area contributed by atoms with Gasteiger partial charge in [-0.3, -0.25) is 19.2 Å². The predicted molar refractivity (Wildman–Crippen MR) is 214 cm³/mol. The SMILES string of the molecule is CC(C)[C@H]1COC(=O)N1C(=O)[C@H](CCC(F)(F)F)[C@@H](CC1CC(F)(F)C1)C(=O)OC(C)(C)C.CC(C)[C@H]1COC(=O)N1C(=O)[C@H](CCC(F)(F)F)[C@H](CC1CC(F)(F)C1)C(=O)OC(C)(C)C. The van der Waals surface area contributed by atoms with E-state index in [1.807, 2.05) is 0 Å². The molecular formula is C44H64F10N2O10. The number of carbonyl (C=O) groups is 6. The fourth-order valence-electron chi connectivity index (χ4n) is 8.58. The van der Waals surface area contributed by atoms with Gasteiger partial charge in [-0.15, -0.1) is 0 Å². The van der Waals surface area contributed by atoms with Gasteiger partial charge in [0.05, 0.1) is 35.8 Å². The number of alkyl halides is 10. The molecule has 2 saturated carbocycles. The summed E-state index contributed by atoms with van der Waals surface area (Å²) in [6.07, 6.45) is -18.1. The molecular weight excluding hydrogens is 906 g/mol. The quantitative estimate of drug-likeness (QED) is 0.0832. The Morgan fingerprint density at radius 2 is 0.864 bits per heavy atom. The number of esters is 2. The molecule has 6 atom stereocenters. The van der Waals surface area contributed by atoms with Crippen molar-refractivity contribution in [1.29, 1.82) is 0 Å². The first-order chi connectivity index (χ1) is 29.8. The lowest BCUT2D eigenvalue weighted by Crippen LogP contribution is -2.49. The number of rotatable bonds is 16. The monoisotopic (exact) mass is 970 g/mol. The smallest absolute Gasteiger partial charge is 0.416 e. The van der Waals surface area contributed by atoms with Crippen LogP contribution in [0.3, 0.4) is 0 Å². The number of carbonyl (C=O) groups excluding carboxylic acids is 6. The van der Waals surface area contributed by atoms with Gasteiger partial charge in [-0.2, -0.15) is 26.3 Å². The van der Waals surface area contributed by atoms with E-state index in [4.69, 9.17) is 18.9 Å². The molecule has 0 N–H and O–H groups in total. The normalized spacial score (nSPS) is 23.2. The van der Waals surface area contributed by atoms with Gasteiger partial charge in [0.15, 0.2) is 0 Å². The average Bonchev–Trinajstić information content (AvgIpc) is 3.69. The van der Waals surface area contributed by atoms with Gasteiger partial charge in [0, 0.05) is 38.5 Å². The Balaban J connectivity index is 0.000000350. The third kappa shape index (κ3) is 16.7. The highest BCUT2D eigenvalue weighted by Crippen LogP contribution is 2.49. The Morgan fingerprint density at radius 1 is 0.576 bits per heavy atom. The average molecular weight is 971 g/mol. The molecule has 2 heterocycles. The molecule has 0 aromatic heterocycles. The standard InChI is InChI=1S/2C22H32F5NO5/c2*1-12(2)16-11-32-19(31)28(16)17(29)14(6-7-22(25,26)27)15(18(30)33-20(3,4)5)8-13-9-21(23,24)10-13/h2*12-16H,6-11H2,1-5H3/t14-,15+,16-;14-,15-,16-/m11/s1. The van der Waals surface area contributed by atoms with Crippen molar-refractivity contribution in [3.05, 3.63) is 0 Å². The van der Waals surface area contributed by atoms with Crippen molar-refractivity contribution in [2.45, 2.75) is 181 Å². The second-order valence-electron chi connectivity index (χ2n) is 20.7.